The molecule has 44 heavy (non-hydrogen) atoms. The zero-order chi connectivity index (χ0) is 32.2. The first kappa shape index (κ1) is 30.3. The van der Waals surface area contributed by atoms with Crippen molar-refractivity contribution in [2.75, 3.05) is 0 Å². The molecule has 2 aromatic heterocycles. The van der Waals surface area contributed by atoms with E-state index in [0.29, 0.717) is 0 Å². The molecule has 0 radical (unpaired) electrons. The monoisotopic (exact) mass is 628 g/mol. The van der Waals surface area contributed by atoms with E-state index in [-0.39, 0.29) is 11.6 Å². The molecule has 4 atom stereocenters. The predicted molar refractivity (Wildman–Crippen MR) is 182 cm³/mol. The van der Waals surface area contributed by atoms with Crippen molar-refractivity contribution in [1.82, 2.24) is 0 Å². The van der Waals surface area contributed by atoms with Gasteiger partial charge in [-0.2, -0.15) is 0 Å². The van der Waals surface area contributed by atoms with Gasteiger partial charge in [0.25, 0.3) is 0 Å². The van der Waals surface area contributed by atoms with E-state index in [1.54, 1.807) is 22.7 Å². The van der Waals surface area contributed by atoms with E-state index < -0.39 is 44.7 Å². The summed E-state index contributed by atoms with van der Waals surface area (Å²) in [5, 5.41) is 9.14. The molecule has 0 saturated carbocycles. The van der Waals surface area contributed by atoms with Crippen LogP contribution in [0.3, 0.4) is 0 Å². The molecule has 0 spiro atoms. The number of ketones is 2. The highest BCUT2D eigenvalue weighted by Gasteiger charge is 2.75. The summed E-state index contributed by atoms with van der Waals surface area (Å²) in [6, 6.07) is 4.48. The van der Waals surface area contributed by atoms with E-state index >= 15 is 9.59 Å². The van der Waals surface area contributed by atoms with Gasteiger partial charge in [0.2, 0.25) is 0 Å². The molecule has 3 heterocycles. The van der Waals surface area contributed by atoms with Crippen LogP contribution in [0.25, 0.3) is 31.3 Å². The molecular weight excluding hydrogens is 585 g/mol. The lowest BCUT2D eigenvalue weighted by Gasteiger charge is -2.64. The fourth-order valence-electron chi connectivity index (χ4n) is 8.55. The second kappa shape index (κ2) is 8.70. The fourth-order valence-corrected chi connectivity index (χ4v) is 10.5. The van der Waals surface area contributed by atoms with Gasteiger partial charge in [-0.15, -0.1) is 22.7 Å². The molecule has 4 nitrogen and oxygen atoms in total. The first-order chi connectivity index (χ1) is 20.2. The molecule has 4 aliphatic rings. The van der Waals surface area contributed by atoms with Crippen LogP contribution in [-0.4, -0.2) is 22.8 Å². The summed E-state index contributed by atoms with van der Waals surface area (Å²) in [4.78, 5) is 43.7. The third-order valence-electron chi connectivity index (χ3n) is 10.7. The summed E-state index contributed by atoms with van der Waals surface area (Å²) in [6.07, 6.45) is 4.36. The van der Waals surface area contributed by atoms with Gasteiger partial charge in [0.15, 0.2) is 22.8 Å². The quantitative estimate of drug-likeness (QED) is 0.235. The van der Waals surface area contributed by atoms with Gasteiger partial charge in [-0.05, 0) is 55.3 Å². The second-order valence-corrected chi connectivity index (χ2v) is 19.2. The normalized spacial score (nSPS) is 29.2. The Bertz CT molecular complexity index is 1860. The molecule has 0 amide bonds. The van der Waals surface area contributed by atoms with Crippen molar-refractivity contribution < 1.29 is 19.4 Å². The van der Waals surface area contributed by atoms with Crippen LogP contribution >= 0.6 is 22.7 Å². The average molecular weight is 629 g/mol. The molecule has 232 valence electrons. The van der Waals surface area contributed by atoms with Gasteiger partial charge in [0, 0.05) is 44.6 Å². The molecule has 3 aromatic rings. The van der Waals surface area contributed by atoms with Gasteiger partial charge in [-0.3, -0.25) is 9.59 Å². The molecule has 7 rings (SSSR count). The molecule has 1 saturated heterocycles. The number of Topliss-reactive ketones (excluding diaryl/α,β-unsaturated/α-hetero) is 2. The van der Waals surface area contributed by atoms with Crippen LogP contribution < -0.4 is 10.4 Å². The largest absolute Gasteiger partial charge is 0.291 e. The number of rotatable bonds is 0. The Kier molecular flexibility index (Phi) is 5.99. The highest BCUT2D eigenvalue weighted by Crippen LogP contribution is 2.66. The van der Waals surface area contributed by atoms with Crippen molar-refractivity contribution >= 4 is 65.6 Å². The van der Waals surface area contributed by atoms with Crippen molar-refractivity contribution in [2.45, 2.75) is 94.3 Å². The maximum atomic E-state index is 15.1. The summed E-state index contributed by atoms with van der Waals surface area (Å²) in [5.74, 6) is -0.907. The van der Waals surface area contributed by atoms with Crippen molar-refractivity contribution in [3.05, 3.63) is 56.6 Å². The topological polar surface area (TPSA) is 52.6 Å². The van der Waals surface area contributed by atoms with E-state index in [0.717, 1.165) is 22.3 Å². The third kappa shape index (κ3) is 3.46. The van der Waals surface area contributed by atoms with Crippen LogP contribution in [0, 0.1) is 33.5 Å². The predicted octanol–water partition coefficient (Wildman–Crippen LogP) is 8.31. The van der Waals surface area contributed by atoms with Gasteiger partial charge < -0.3 is 0 Å². The Labute approximate surface area is 268 Å². The van der Waals surface area contributed by atoms with E-state index in [4.69, 9.17) is 9.78 Å². The molecule has 0 N–H and O–H groups in total. The van der Waals surface area contributed by atoms with Gasteiger partial charge in [-0.25, -0.2) is 9.78 Å². The summed E-state index contributed by atoms with van der Waals surface area (Å²) in [5.41, 5.74) is -1.14. The Morgan fingerprint density at radius 3 is 1.23 bits per heavy atom. The lowest BCUT2D eigenvalue weighted by molar-refractivity contribution is -0.464. The van der Waals surface area contributed by atoms with E-state index in [1.807, 2.05) is 0 Å². The van der Waals surface area contributed by atoms with Gasteiger partial charge in [0.1, 0.15) is 0 Å². The van der Waals surface area contributed by atoms with Crippen LogP contribution in [0.1, 0.15) is 83.1 Å². The number of hydrogen-bond donors (Lipinski definition) is 0. The summed E-state index contributed by atoms with van der Waals surface area (Å²) >= 11 is 3.55. The zero-order valence-corrected chi connectivity index (χ0v) is 29.7. The minimum absolute atomic E-state index is 0.0345. The molecule has 1 aliphatic heterocycles. The van der Waals surface area contributed by atoms with Crippen molar-refractivity contribution in [1.29, 1.82) is 0 Å². The molecule has 0 bridgehead atoms. The highest BCUT2D eigenvalue weighted by atomic mass is 32.1. The minimum Gasteiger partial charge on any atom is -0.291 e. The summed E-state index contributed by atoms with van der Waals surface area (Å²) in [7, 11) is 0. The number of hydrogen-bond acceptors (Lipinski definition) is 6. The van der Waals surface area contributed by atoms with Crippen molar-refractivity contribution in [2.24, 2.45) is 33.5 Å². The van der Waals surface area contributed by atoms with Gasteiger partial charge >= 0.3 is 0 Å². The van der Waals surface area contributed by atoms with Gasteiger partial charge in [-0.1, -0.05) is 95.2 Å². The highest BCUT2D eigenvalue weighted by molar-refractivity contribution is 7.25. The minimum atomic E-state index is -1.33. The number of benzene rings is 1. The Morgan fingerprint density at radius 2 is 0.932 bits per heavy atom. The molecule has 1 fully saturated rings. The van der Waals surface area contributed by atoms with Gasteiger partial charge in [0.05, 0.1) is 9.40 Å². The van der Waals surface area contributed by atoms with Crippen molar-refractivity contribution in [3.63, 3.8) is 0 Å². The van der Waals surface area contributed by atoms with Crippen LogP contribution in [-0.2, 0) is 19.4 Å². The maximum absolute atomic E-state index is 15.1. The molecule has 3 aliphatic carbocycles. The molecule has 6 heteroatoms. The summed E-state index contributed by atoms with van der Waals surface area (Å²) < 4.78 is 2.54. The fraction of sp³-hybridized carbons (Fsp3) is 0.526. The maximum Gasteiger partial charge on any atom is 0.195 e. The third-order valence-corrected chi connectivity index (χ3v) is 12.7. The Morgan fingerprint density at radius 1 is 0.591 bits per heavy atom. The number of carbonyl (C=O) groups is 2. The first-order valence-electron chi connectivity index (χ1n) is 15.7. The van der Waals surface area contributed by atoms with E-state index in [2.05, 4.69) is 118 Å². The number of thiophene rings is 2. The van der Waals surface area contributed by atoms with E-state index in [1.165, 1.54) is 30.6 Å². The second-order valence-electron chi connectivity index (χ2n) is 17.4. The van der Waals surface area contributed by atoms with Crippen molar-refractivity contribution in [3.8, 4) is 0 Å². The van der Waals surface area contributed by atoms with Crippen LogP contribution in [0.2, 0.25) is 0 Å². The molecule has 1 aromatic carbocycles. The van der Waals surface area contributed by atoms with Crippen LogP contribution in [0.4, 0.5) is 0 Å². The smallest absolute Gasteiger partial charge is 0.195 e. The van der Waals surface area contributed by atoms with Crippen LogP contribution in [0.5, 0.6) is 0 Å². The number of allylic oxidation sites excluding steroid dienone is 2. The lowest BCUT2D eigenvalue weighted by Crippen LogP contribution is -2.76. The first-order valence-corrected chi connectivity index (χ1v) is 17.5. The van der Waals surface area contributed by atoms with E-state index in [9.17, 15) is 0 Å². The average Bonchev–Trinajstić information content (AvgIpc) is 3.55. The zero-order valence-electron chi connectivity index (χ0n) is 28.1. The number of carbonyl (C=O) groups excluding carboxylic acids is 2. The Hall–Kier alpha value is -2.38. The SMILES string of the molecule is CC(C)(C)C1=CC2=c3c(c4ccsc4c4sccc34)=C3C=C(C(C)(C)C)C(=O)[C@]4(C(C)(C)C)OO[C@@](C(C)(C)C)(C1=O)[C@@H]2[C@H]34. The molecule has 0 unspecified atom stereocenters. The summed E-state index contributed by atoms with van der Waals surface area (Å²) in [6.45, 7) is 25.1. The van der Waals surface area contributed by atoms with Crippen LogP contribution in [0.15, 0.2) is 46.2 Å². The molecular formula is C38H44O4S2. The standard InChI is InChI=1S/C38H44O4S2/c1-33(2,3)23-17-21-25-19-13-15-43-29(19)30-20(14-16-44-30)26(25)22-18-24(34(4,5)6)32(40)38(36(10,11)12)28(22)27(21)37(31(23)39,41-42-38)35(7,8)9/h13-18,27-28H,1-12H3/t27-,28-,37+,38+/m0/s1. The number of fused-ring (bicyclic) bond motifs is 6. The lowest BCUT2D eigenvalue weighted by atomic mass is 9.45. The Balaban J connectivity index is 1.85.